The second kappa shape index (κ2) is 5.23. The smallest absolute Gasteiger partial charge is 0.163 e. The number of hydrogen-bond acceptors (Lipinski definition) is 3. The van der Waals surface area contributed by atoms with Crippen LogP contribution < -0.4 is 9.47 Å². The van der Waals surface area contributed by atoms with Gasteiger partial charge in [-0.25, -0.2) is 0 Å². The molecule has 0 aliphatic carbocycles. The maximum absolute atomic E-state index is 6.12. The van der Waals surface area contributed by atoms with Crippen molar-refractivity contribution in [2.45, 2.75) is 13.8 Å². The molecule has 0 amide bonds. The number of nitrogens with zero attached hydrogens (tertiary/aromatic N) is 1. The first kappa shape index (κ1) is 12.0. The molecule has 0 bridgehead atoms. The van der Waals surface area contributed by atoms with Crippen LogP contribution in [0.15, 0.2) is 24.4 Å². The van der Waals surface area contributed by atoms with Gasteiger partial charge in [-0.05, 0) is 26.0 Å². The highest BCUT2D eigenvalue weighted by Gasteiger charge is 2.09. The van der Waals surface area contributed by atoms with Crippen LogP contribution in [0.4, 0.5) is 0 Å². The van der Waals surface area contributed by atoms with Gasteiger partial charge in [0.2, 0.25) is 0 Å². The summed E-state index contributed by atoms with van der Waals surface area (Å²) in [6.07, 6.45) is 1.68. The molecule has 90 valence electrons. The molecule has 2 rings (SSSR count). The number of rotatable bonds is 4. The third kappa shape index (κ3) is 2.44. The summed E-state index contributed by atoms with van der Waals surface area (Å²) in [5.41, 5.74) is 0.810. The number of aromatic nitrogens is 1. The van der Waals surface area contributed by atoms with Crippen molar-refractivity contribution >= 4 is 22.5 Å². The molecule has 0 spiro atoms. The lowest BCUT2D eigenvalue weighted by atomic mass is 10.2. The maximum Gasteiger partial charge on any atom is 0.163 e. The van der Waals surface area contributed by atoms with Crippen LogP contribution in [0.2, 0.25) is 5.02 Å². The molecule has 4 heteroatoms. The molecular formula is C13H14ClNO2. The van der Waals surface area contributed by atoms with E-state index in [2.05, 4.69) is 4.98 Å². The van der Waals surface area contributed by atoms with Gasteiger partial charge in [0.25, 0.3) is 0 Å². The summed E-state index contributed by atoms with van der Waals surface area (Å²) in [5.74, 6) is 1.41. The van der Waals surface area contributed by atoms with Crippen molar-refractivity contribution in [1.29, 1.82) is 0 Å². The van der Waals surface area contributed by atoms with Crippen LogP contribution in [0.5, 0.6) is 11.5 Å². The quantitative estimate of drug-likeness (QED) is 0.831. The van der Waals surface area contributed by atoms with Crippen molar-refractivity contribution in [1.82, 2.24) is 4.98 Å². The van der Waals surface area contributed by atoms with Crippen molar-refractivity contribution in [2.75, 3.05) is 13.2 Å². The Morgan fingerprint density at radius 1 is 1.12 bits per heavy atom. The molecule has 1 aromatic carbocycles. The zero-order valence-electron chi connectivity index (χ0n) is 9.87. The van der Waals surface area contributed by atoms with Gasteiger partial charge < -0.3 is 9.47 Å². The summed E-state index contributed by atoms with van der Waals surface area (Å²) in [5, 5.41) is 1.54. The molecule has 0 N–H and O–H groups in total. The van der Waals surface area contributed by atoms with Gasteiger partial charge in [0, 0.05) is 17.6 Å². The highest BCUT2D eigenvalue weighted by atomic mass is 35.5. The van der Waals surface area contributed by atoms with Crippen molar-refractivity contribution in [3.8, 4) is 11.5 Å². The first-order valence-electron chi connectivity index (χ1n) is 5.60. The summed E-state index contributed by atoms with van der Waals surface area (Å²) < 4.78 is 11.1. The van der Waals surface area contributed by atoms with Crippen LogP contribution in [-0.4, -0.2) is 18.2 Å². The van der Waals surface area contributed by atoms with E-state index in [1.807, 2.05) is 26.0 Å². The summed E-state index contributed by atoms with van der Waals surface area (Å²) in [6, 6.07) is 5.49. The minimum absolute atomic E-state index is 0.587. The van der Waals surface area contributed by atoms with Crippen LogP contribution >= 0.6 is 11.6 Å². The van der Waals surface area contributed by atoms with E-state index in [9.17, 15) is 0 Å². The van der Waals surface area contributed by atoms with Gasteiger partial charge in [0.15, 0.2) is 11.5 Å². The van der Waals surface area contributed by atoms with Crippen LogP contribution in [0, 0.1) is 0 Å². The van der Waals surface area contributed by atoms with Gasteiger partial charge in [0.1, 0.15) is 0 Å². The Morgan fingerprint density at radius 3 is 2.41 bits per heavy atom. The van der Waals surface area contributed by atoms with Gasteiger partial charge in [-0.2, -0.15) is 0 Å². The second-order valence-electron chi connectivity index (χ2n) is 3.47. The van der Waals surface area contributed by atoms with Gasteiger partial charge >= 0.3 is 0 Å². The zero-order valence-corrected chi connectivity index (χ0v) is 10.6. The van der Waals surface area contributed by atoms with Gasteiger partial charge in [-0.3, -0.25) is 4.98 Å². The summed E-state index contributed by atoms with van der Waals surface area (Å²) in [7, 11) is 0. The molecule has 17 heavy (non-hydrogen) atoms. The molecule has 0 saturated heterocycles. The minimum atomic E-state index is 0.587. The molecule has 0 unspecified atom stereocenters. The topological polar surface area (TPSA) is 31.4 Å². The number of pyridine rings is 1. The molecule has 2 aromatic rings. The van der Waals surface area contributed by atoms with E-state index in [0.29, 0.717) is 29.7 Å². The summed E-state index contributed by atoms with van der Waals surface area (Å²) >= 11 is 6.12. The fourth-order valence-corrected chi connectivity index (χ4v) is 1.86. The molecule has 0 saturated carbocycles. The normalized spacial score (nSPS) is 10.5. The fourth-order valence-electron chi connectivity index (χ4n) is 1.66. The third-order valence-electron chi connectivity index (χ3n) is 2.35. The Hall–Kier alpha value is -1.48. The third-order valence-corrected chi connectivity index (χ3v) is 2.68. The Morgan fingerprint density at radius 2 is 1.76 bits per heavy atom. The monoisotopic (exact) mass is 251 g/mol. The number of halogens is 1. The van der Waals surface area contributed by atoms with Crippen LogP contribution in [-0.2, 0) is 0 Å². The standard InChI is InChI=1S/C13H14ClNO2/c1-3-16-12-7-9-10(14)5-6-15-11(9)8-13(12)17-4-2/h5-8H,3-4H2,1-2H3. The molecular weight excluding hydrogens is 238 g/mol. The predicted octanol–water partition coefficient (Wildman–Crippen LogP) is 3.69. The Bertz CT molecular complexity index is 528. The zero-order chi connectivity index (χ0) is 12.3. The highest BCUT2D eigenvalue weighted by Crippen LogP contribution is 2.34. The molecule has 0 radical (unpaired) electrons. The average molecular weight is 252 g/mol. The van der Waals surface area contributed by atoms with E-state index in [4.69, 9.17) is 21.1 Å². The summed E-state index contributed by atoms with van der Waals surface area (Å²) in [4.78, 5) is 4.27. The van der Waals surface area contributed by atoms with E-state index >= 15 is 0 Å². The number of ether oxygens (including phenoxy) is 2. The van der Waals surface area contributed by atoms with Crippen LogP contribution in [0.3, 0.4) is 0 Å². The number of hydrogen-bond donors (Lipinski definition) is 0. The van der Waals surface area contributed by atoms with Gasteiger partial charge in [-0.1, -0.05) is 11.6 Å². The van der Waals surface area contributed by atoms with Gasteiger partial charge in [-0.15, -0.1) is 0 Å². The Balaban J connectivity index is 2.59. The lowest BCUT2D eigenvalue weighted by Crippen LogP contribution is -1.98. The van der Waals surface area contributed by atoms with Crippen molar-refractivity contribution in [3.63, 3.8) is 0 Å². The van der Waals surface area contributed by atoms with E-state index in [-0.39, 0.29) is 0 Å². The minimum Gasteiger partial charge on any atom is -0.490 e. The molecule has 0 aliphatic heterocycles. The Kier molecular flexibility index (Phi) is 3.69. The van der Waals surface area contributed by atoms with Crippen molar-refractivity contribution in [3.05, 3.63) is 29.4 Å². The second-order valence-corrected chi connectivity index (χ2v) is 3.88. The molecule has 0 atom stereocenters. The van der Waals surface area contributed by atoms with E-state index in [1.165, 1.54) is 0 Å². The molecule has 0 aliphatic rings. The molecule has 1 aromatic heterocycles. The van der Waals surface area contributed by atoms with Crippen molar-refractivity contribution in [2.24, 2.45) is 0 Å². The molecule has 1 heterocycles. The molecule has 3 nitrogen and oxygen atoms in total. The largest absolute Gasteiger partial charge is 0.490 e. The lowest BCUT2D eigenvalue weighted by Gasteiger charge is -2.12. The first-order chi connectivity index (χ1) is 8.26. The SMILES string of the molecule is CCOc1cc2nccc(Cl)c2cc1OCC. The first-order valence-corrected chi connectivity index (χ1v) is 5.98. The predicted molar refractivity (Wildman–Crippen MR) is 69.1 cm³/mol. The van der Waals surface area contributed by atoms with Gasteiger partial charge in [0.05, 0.1) is 23.8 Å². The van der Waals surface area contributed by atoms with Crippen molar-refractivity contribution < 1.29 is 9.47 Å². The van der Waals surface area contributed by atoms with E-state index in [1.54, 1.807) is 12.3 Å². The number of fused-ring (bicyclic) bond motifs is 1. The fraction of sp³-hybridized carbons (Fsp3) is 0.308. The highest BCUT2D eigenvalue weighted by molar-refractivity contribution is 6.35. The van der Waals surface area contributed by atoms with Crippen LogP contribution in [0.25, 0.3) is 10.9 Å². The van der Waals surface area contributed by atoms with Crippen LogP contribution in [0.1, 0.15) is 13.8 Å². The maximum atomic E-state index is 6.12. The lowest BCUT2D eigenvalue weighted by molar-refractivity contribution is 0.288. The average Bonchev–Trinajstić information content (AvgIpc) is 2.32. The van der Waals surface area contributed by atoms with E-state index in [0.717, 1.165) is 10.9 Å². The number of benzene rings is 1. The molecule has 0 fully saturated rings. The van der Waals surface area contributed by atoms with E-state index < -0.39 is 0 Å². The Labute approximate surface area is 105 Å². The summed E-state index contributed by atoms with van der Waals surface area (Å²) in [6.45, 7) is 5.05.